The number of rotatable bonds is 5. The quantitative estimate of drug-likeness (QED) is 0.565. The number of allylic oxidation sites excluding steroid dienone is 2. The van der Waals surface area contributed by atoms with Crippen molar-refractivity contribution in [1.82, 2.24) is 0 Å². The first-order chi connectivity index (χ1) is 9.52. The van der Waals surface area contributed by atoms with Crippen LogP contribution < -0.4 is 0 Å². The highest BCUT2D eigenvalue weighted by Gasteiger charge is 2.51. The van der Waals surface area contributed by atoms with Crippen LogP contribution in [0, 0.1) is 17.3 Å². The van der Waals surface area contributed by atoms with E-state index in [0.29, 0.717) is 18.4 Å². The first-order valence-corrected chi connectivity index (χ1v) is 8.08. The third-order valence-electron chi connectivity index (χ3n) is 4.75. The molecule has 21 heavy (non-hydrogen) atoms. The van der Waals surface area contributed by atoms with Gasteiger partial charge in [-0.25, -0.2) is 0 Å². The van der Waals surface area contributed by atoms with Gasteiger partial charge in [0.25, 0.3) is 0 Å². The summed E-state index contributed by atoms with van der Waals surface area (Å²) in [6, 6.07) is 0. The fourth-order valence-corrected chi connectivity index (χ4v) is 3.35. The Morgan fingerprint density at radius 1 is 1.24 bits per heavy atom. The molecule has 0 aromatic heterocycles. The summed E-state index contributed by atoms with van der Waals surface area (Å²) in [5.74, 6) is 0.886. The van der Waals surface area contributed by atoms with Gasteiger partial charge < -0.3 is 9.47 Å². The Bertz CT molecular complexity index is 430. The molecule has 0 heterocycles. The number of hydrogen-bond donors (Lipinski definition) is 0. The predicted octanol–water partition coefficient (Wildman–Crippen LogP) is 4.12. The highest BCUT2D eigenvalue weighted by molar-refractivity contribution is 5.78. The van der Waals surface area contributed by atoms with Gasteiger partial charge in [-0.05, 0) is 66.2 Å². The molecule has 0 aliphatic heterocycles. The first-order valence-electron chi connectivity index (χ1n) is 8.08. The van der Waals surface area contributed by atoms with Crippen molar-refractivity contribution in [2.75, 3.05) is 6.61 Å². The molecule has 3 atom stereocenters. The maximum Gasteiger partial charge on any atom is 0.312 e. The van der Waals surface area contributed by atoms with E-state index >= 15 is 0 Å². The summed E-state index contributed by atoms with van der Waals surface area (Å²) in [7, 11) is 0. The molecule has 2 bridgehead atoms. The molecule has 0 amide bonds. The number of carbonyl (C=O) groups excluding carboxylic acids is 1. The van der Waals surface area contributed by atoms with Crippen molar-refractivity contribution in [3.8, 4) is 0 Å². The third kappa shape index (κ3) is 3.88. The summed E-state index contributed by atoms with van der Waals surface area (Å²) in [6.07, 6.45) is 7.21. The second kappa shape index (κ2) is 5.42. The lowest BCUT2D eigenvalue weighted by Gasteiger charge is -2.34. The number of carbonyl (C=O) groups is 1. The van der Waals surface area contributed by atoms with E-state index in [2.05, 4.69) is 19.1 Å². The Labute approximate surface area is 129 Å². The molecule has 3 nitrogen and oxygen atoms in total. The molecule has 1 saturated carbocycles. The van der Waals surface area contributed by atoms with Crippen LogP contribution in [0.25, 0.3) is 0 Å². The number of hydrogen-bond acceptors (Lipinski definition) is 3. The summed E-state index contributed by atoms with van der Waals surface area (Å²) in [6.45, 7) is 12.7. The van der Waals surface area contributed by atoms with Crippen LogP contribution in [0.3, 0.4) is 0 Å². The molecule has 3 unspecified atom stereocenters. The normalized spacial score (nSPS) is 31.7. The van der Waals surface area contributed by atoms with E-state index in [4.69, 9.17) is 9.47 Å². The van der Waals surface area contributed by atoms with Crippen LogP contribution in [-0.2, 0) is 14.3 Å². The number of fused-ring (bicyclic) bond motifs is 2. The molecule has 120 valence electrons. The zero-order valence-corrected chi connectivity index (χ0v) is 14.4. The van der Waals surface area contributed by atoms with Gasteiger partial charge >= 0.3 is 5.97 Å². The van der Waals surface area contributed by atoms with Crippen molar-refractivity contribution in [1.29, 1.82) is 0 Å². The van der Waals surface area contributed by atoms with Crippen LogP contribution in [0.4, 0.5) is 0 Å². The fraction of sp³-hybridized carbons (Fsp3) is 0.833. The Hall–Kier alpha value is -0.830. The first kappa shape index (κ1) is 16.5. The maximum atomic E-state index is 12.6. The summed E-state index contributed by atoms with van der Waals surface area (Å²) < 4.78 is 11.6. The van der Waals surface area contributed by atoms with Gasteiger partial charge in [0.15, 0.2) is 0 Å². The van der Waals surface area contributed by atoms with E-state index in [1.54, 1.807) is 0 Å². The monoisotopic (exact) mass is 294 g/mol. The second-order valence-electron chi connectivity index (χ2n) is 8.47. The molecular formula is C18H30O3. The zero-order chi connectivity index (χ0) is 15.9. The van der Waals surface area contributed by atoms with Crippen LogP contribution in [0.5, 0.6) is 0 Å². The molecule has 3 heteroatoms. The molecule has 0 aromatic rings. The SMILES string of the molecule is CC(C)(C)OCCC(C)(C)OC(=O)C1(C)CC2C=CC1C2. The standard InChI is InChI=1S/C18H30O3/c1-16(2,3)20-10-9-17(4,5)21-15(19)18(6)12-13-7-8-14(18)11-13/h7-8,13-14H,9-12H2,1-6H3. The van der Waals surface area contributed by atoms with E-state index in [1.165, 1.54) is 0 Å². The van der Waals surface area contributed by atoms with Gasteiger partial charge in [-0.1, -0.05) is 12.2 Å². The van der Waals surface area contributed by atoms with Gasteiger partial charge in [0.2, 0.25) is 0 Å². The summed E-state index contributed by atoms with van der Waals surface area (Å²) >= 11 is 0. The molecule has 0 N–H and O–H groups in total. The number of ether oxygens (including phenoxy) is 2. The Balaban J connectivity index is 1.88. The average Bonchev–Trinajstić information content (AvgIpc) is 2.86. The highest BCUT2D eigenvalue weighted by atomic mass is 16.6. The lowest BCUT2D eigenvalue weighted by molar-refractivity contribution is -0.172. The van der Waals surface area contributed by atoms with Gasteiger partial charge in [0.05, 0.1) is 17.6 Å². The molecule has 0 spiro atoms. The molecule has 1 fully saturated rings. The van der Waals surface area contributed by atoms with Crippen LogP contribution in [0.2, 0.25) is 0 Å². The molecule has 2 rings (SSSR count). The summed E-state index contributed by atoms with van der Waals surface area (Å²) in [5, 5.41) is 0. The average molecular weight is 294 g/mol. The molecule has 0 aromatic carbocycles. The van der Waals surface area contributed by atoms with Gasteiger partial charge in [-0.2, -0.15) is 0 Å². The zero-order valence-electron chi connectivity index (χ0n) is 14.4. The minimum Gasteiger partial charge on any atom is -0.459 e. The third-order valence-corrected chi connectivity index (χ3v) is 4.75. The molecule has 0 radical (unpaired) electrons. The maximum absolute atomic E-state index is 12.6. The van der Waals surface area contributed by atoms with E-state index in [9.17, 15) is 4.79 Å². The van der Waals surface area contributed by atoms with Crippen molar-refractivity contribution < 1.29 is 14.3 Å². The van der Waals surface area contributed by atoms with Crippen LogP contribution in [0.1, 0.15) is 60.8 Å². The van der Waals surface area contributed by atoms with Gasteiger partial charge in [-0.15, -0.1) is 0 Å². The summed E-state index contributed by atoms with van der Waals surface area (Å²) in [4.78, 5) is 12.6. The van der Waals surface area contributed by atoms with Crippen molar-refractivity contribution in [3.05, 3.63) is 12.2 Å². The van der Waals surface area contributed by atoms with E-state index in [-0.39, 0.29) is 17.0 Å². The Kier molecular flexibility index (Phi) is 4.27. The van der Waals surface area contributed by atoms with E-state index in [1.807, 2.05) is 34.6 Å². The van der Waals surface area contributed by atoms with Crippen LogP contribution >= 0.6 is 0 Å². The Morgan fingerprint density at radius 2 is 1.90 bits per heavy atom. The van der Waals surface area contributed by atoms with Crippen molar-refractivity contribution >= 4 is 5.97 Å². The van der Waals surface area contributed by atoms with Crippen LogP contribution in [-0.4, -0.2) is 23.8 Å². The Morgan fingerprint density at radius 3 is 2.38 bits per heavy atom. The van der Waals surface area contributed by atoms with E-state index in [0.717, 1.165) is 19.3 Å². The van der Waals surface area contributed by atoms with Gasteiger partial charge in [0, 0.05) is 6.42 Å². The molecular weight excluding hydrogens is 264 g/mol. The lowest BCUT2D eigenvalue weighted by atomic mass is 9.77. The summed E-state index contributed by atoms with van der Waals surface area (Å²) in [5.41, 5.74) is -0.958. The smallest absolute Gasteiger partial charge is 0.312 e. The van der Waals surface area contributed by atoms with E-state index < -0.39 is 5.60 Å². The largest absolute Gasteiger partial charge is 0.459 e. The van der Waals surface area contributed by atoms with Crippen molar-refractivity contribution in [2.24, 2.45) is 17.3 Å². The molecule has 2 aliphatic rings. The van der Waals surface area contributed by atoms with Crippen molar-refractivity contribution in [3.63, 3.8) is 0 Å². The topological polar surface area (TPSA) is 35.5 Å². The minimum absolute atomic E-state index is 0.0416. The van der Waals surface area contributed by atoms with Gasteiger partial charge in [-0.3, -0.25) is 4.79 Å². The predicted molar refractivity (Wildman–Crippen MR) is 84.0 cm³/mol. The second-order valence-corrected chi connectivity index (χ2v) is 8.47. The van der Waals surface area contributed by atoms with Crippen molar-refractivity contribution in [2.45, 2.75) is 72.0 Å². The van der Waals surface area contributed by atoms with Gasteiger partial charge in [0.1, 0.15) is 5.60 Å². The number of esters is 1. The molecule has 0 saturated heterocycles. The highest BCUT2D eigenvalue weighted by Crippen LogP contribution is 2.52. The lowest BCUT2D eigenvalue weighted by Crippen LogP contribution is -2.40. The minimum atomic E-state index is -0.475. The molecule has 2 aliphatic carbocycles. The van der Waals surface area contributed by atoms with Crippen LogP contribution in [0.15, 0.2) is 12.2 Å². The fourth-order valence-electron chi connectivity index (χ4n) is 3.35.